The highest BCUT2D eigenvalue weighted by Gasteiger charge is 2.24. The summed E-state index contributed by atoms with van der Waals surface area (Å²) >= 11 is 0. The summed E-state index contributed by atoms with van der Waals surface area (Å²) in [7, 11) is -2.84. The lowest BCUT2D eigenvalue weighted by atomic mass is 10.1. The quantitative estimate of drug-likeness (QED) is 0.908. The van der Waals surface area contributed by atoms with Crippen molar-refractivity contribution in [1.82, 2.24) is 9.97 Å². The van der Waals surface area contributed by atoms with E-state index in [0.29, 0.717) is 18.1 Å². The molecule has 0 saturated carbocycles. The molecule has 0 aromatic carbocycles. The number of nitrogens with zero attached hydrogens (tertiary/aromatic N) is 3. The van der Waals surface area contributed by atoms with Crippen LogP contribution in [0.25, 0.3) is 0 Å². The minimum absolute atomic E-state index is 0.187. The molecule has 0 bridgehead atoms. The first-order chi connectivity index (χ1) is 10.6. The highest BCUT2D eigenvalue weighted by Crippen LogP contribution is 2.20. The third kappa shape index (κ3) is 4.09. The molecule has 0 spiro atoms. The van der Waals surface area contributed by atoms with Crippen molar-refractivity contribution >= 4 is 21.6 Å². The first-order valence-electron chi connectivity index (χ1n) is 8.15. The van der Waals surface area contributed by atoms with Crippen LogP contribution in [0.15, 0.2) is 12.3 Å². The second-order valence-corrected chi connectivity index (χ2v) is 8.52. The van der Waals surface area contributed by atoms with Gasteiger partial charge in [-0.2, -0.15) is 4.98 Å². The summed E-state index contributed by atoms with van der Waals surface area (Å²) in [4.78, 5) is 11.2. The Bertz CT molecular complexity index is 599. The summed E-state index contributed by atoms with van der Waals surface area (Å²) in [6.45, 7) is 2.70. The molecule has 0 aliphatic carbocycles. The number of sulfone groups is 1. The van der Waals surface area contributed by atoms with Gasteiger partial charge in [-0.05, 0) is 44.1 Å². The van der Waals surface area contributed by atoms with Crippen molar-refractivity contribution in [2.24, 2.45) is 5.92 Å². The number of hydrogen-bond donors (Lipinski definition) is 1. The standard InChI is InChI=1S/C15H24N4O2S/c20-22(21)10-4-5-13(12-22)11-17-14-6-7-16-15(18-14)19-8-2-1-3-9-19/h6-7,13H,1-5,8-12H2,(H,16,17,18). The molecule has 6 nitrogen and oxygen atoms in total. The van der Waals surface area contributed by atoms with E-state index in [4.69, 9.17) is 0 Å². The SMILES string of the molecule is O=S1(=O)CCCC(CNc2ccnc(N3CCCCC3)n2)C1. The number of piperidine rings is 1. The van der Waals surface area contributed by atoms with Gasteiger partial charge in [0, 0.05) is 25.8 Å². The molecule has 0 radical (unpaired) electrons. The topological polar surface area (TPSA) is 75.2 Å². The molecule has 0 amide bonds. The molecule has 122 valence electrons. The summed E-state index contributed by atoms with van der Waals surface area (Å²) in [5.41, 5.74) is 0. The first-order valence-corrected chi connectivity index (χ1v) is 9.97. The normalized spacial score (nSPS) is 24.9. The predicted octanol–water partition coefficient (Wildman–Crippen LogP) is 1.70. The smallest absolute Gasteiger partial charge is 0.227 e. The highest BCUT2D eigenvalue weighted by molar-refractivity contribution is 7.91. The Balaban J connectivity index is 1.58. The summed E-state index contributed by atoms with van der Waals surface area (Å²) in [5.74, 6) is 2.40. The van der Waals surface area contributed by atoms with Crippen LogP contribution in [0.4, 0.5) is 11.8 Å². The van der Waals surface area contributed by atoms with E-state index >= 15 is 0 Å². The molecule has 2 aliphatic heterocycles. The summed E-state index contributed by atoms with van der Waals surface area (Å²) in [5, 5.41) is 3.29. The van der Waals surface area contributed by atoms with Gasteiger partial charge in [0.1, 0.15) is 5.82 Å². The molecule has 3 rings (SSSR count). The van der Waals surface area contributed by atoms with Crippen LogP contribution in [0, 0.1) is 5.92 Å². The Kier molecular flexibility index (Phi) is 4.81. The number of aromatic nitrogens is 2. The number of nitrogens with one attached hydrogen (secondary N) is 1. The third-order valence-corrected chi connectivity index (χ3v) is 6.30. The van der Waals surface area contributed by atoms with Gasteiger partial charge in [-0.15, -0.1) is 0 Å². The molecule has 1 unspecified atom stereocenters. The summed E-state index contributed by atoms with van der Waals surface area (Å²) in [6.07, 6.45) is 7.19. The summed E-state index contributed by atoms with van der Waals surface area (Å²) in [6, 6.07) is 1.85. The van der Waals surface area contributed by atoms with Crippen LogP contribution in [0.1, 0.15) is 32.1 Å². The maximum atomic E-state index is 11.7. The van der Waals surface area contributed by atoms with Gasteiger partial charge in [0.05, 0.1) is 11.5 Å². The van der Waals surface area contributed by atoms with Crippen LogP contribution in [-0.2, 0) is 9.84 Å². The molecule has 22 heavy (non-hydrogen) atoms. The number of anilines is 2. The van der Waals surface area contributed by atoms with Gasteiger partial charge in [0.15, 0.2) is 9.84 Å². The Morgan fingerprint density at radius 2 is 2.05 bits per heavy atom. The third-order valence-electron chi connectivity index (χ3n) is 4.41. The zero-order valence-corrected chi connectivity index (χ0v) is 13.7. The van der Waals surface area contributed by atoms with Gasteiger partial charge in [0.25, 0.3) is 0 Å². The molecule has 3 heterocycles. The van der Waals surface area contributed by atoms with Crippen LogP contribution in [0.3, 0.4) is 0 Å². The lowest BCUT2D eigenvalue weighted by Gasteiger charge is -2.27. The van der Waals surface area contributed by atoms with Crippen LogP contribution in [0.5, 0.6) is 0 Å². The van der Waals surface area contributed by atoms with Crippen molar-refractivity contribution < 1.29 is 8.42 Å². The van der Waals surface area contributed by atoms with E-state index in [-0.39, 0.29) is 5.92 Å². The van der Waals surface area contributed by atoms with Gasteiger partial charge in [0.2, 0.25) is 5.95 Å². The fourth-order valence-corrected chi connectivity index (χ4v) is 5.00. The fraction of sp³-hybridized carbons (Fsp3) is 0.733. The van der Waals surface area contributed by atoms with Gasteiger partial charge in [-0.3, -0.25) is 0 Å². The minimum Gasteiger partial charge on any atom is -0.370 e. The predicted molar refractivity (Wildman–Crippen MR) is 88.0 cm³/mol. The van der Waals surface area contributed by atoms with E-state index in [1.807, 2.05) is 6.07 Å². The van der Waals surface area contributed by atoms with Crippen molar-refractivity contribution in [3.8, 4) is 0 Å². The first kappa shape index (κ1) is 15.5. The van der Waals surface area contributed by atoms with E-state index in [1.54, 1.807) is 6.20 Å². The van der Waals surface area contributed by atoms with Gasteiger partial charge in [-0.1, -0.05) is 0 Å². The fourth-order valence-electron chi connectivity index (χ4n) is 3.22. The maximum Gasteiger partial charge on any atom is 0.227 e. The Morgan fingerprint density at radius 3 is 2.82 bits per heavy atom. The molecule has 2 aliphatic rings. The van der Waals surface area contributed by atoms with Gasteiger partial charge in [-0.25, -0.2) is 13.4 Å². The maximum absolute atomic E-state index is 11.7. The van der Waals surface area contributed by atoms with E-state index in [9.17, 15) is 8.42 Å². The van der Waals surface area contributed by atoms with Crippen LogP contribution < -0.4 is 10.2 Å². The van der Waals surface area contributed by atoms with Gasteiger partial charge >= 0.3 is 0 Å². The highest BCUT2D eigenvalue weighted by atomic mass is 32.2. The van der Waals surface area contributed by atoms with Crippen molar-refractivity contribution in [3.63, 3.8) is 0 Å². The Morgan fingerprint density at radius 1 is 1.23 bits per heavy atom. The number of rotatable bonds is 4. The second kappa shape index (κ2) is 6.81. The zero-order chi connectivity index (χ0) is 15.4. The van der Waals surface area contributed by atoms with Crippen molar-refractivity contribution in [3.05, 3.63) is 12.3 Å². The van der Waals surface area contributed by atoms with Crippen LogP contribution >= 0.6 is 0 Å². The van der Waals surface area contributed by atoms with E-state index in [2.05, 4.69) is 20.2 Å². The molecule has 7 heteroatoms. The average molecular weight is 324 g/mol. The summed E-state index contributed by atoms with van der Waals surface area (Å²) < 4.78 is 23.3. The molecule has 2 fully saturated rings. The molecule has 1 N–H and O–H groups in total. The monoisotopic (exact) mass is 324 g/mol. The van der Waals surface area contributed by atoms with Crippen molar-refractivity contribution in [2.75, 3.05) is 41.4 Å². The second-order valence-electron chi connectivity index (χ2n) is 6.29. The van der Waals surface area contributed by atoms with Crippen LogP contribution in [-0.4, -0.2) is 49.5 Å². The number of hydrogen-bond acceptors (Lipinski definition) is 6. The van der Waals surface area contributed by atoms with E-state index in [0.717, 1.165) is 37.7 Å². The van der Waals surface area contributed by atoms with Crippen LogP contribution in [0.2, 0.25) is 0 Å². The molecule has 1 aromatic heterocycles. The van der Waals surface area contributed by atoms with Gasteiger partial charge < -0.3 is 10.2 Å². The lowest BCUT2D eigenvalue weighted by Crippen LogP contribution is -2.31. The average Bonchev–Trinajstić information content (AvgIpc) is 2.53. The molecule has 1 aromatic rings. The Labute approximate surface area is 132 Å². The minimum atomic E-state index is -2.84. The Hall–Kier alpha value is -1.37. The zero-order valence-electron chi connectivity index (χ0n) is 12.9. The largest absolute Gasteiger partial charge is 0.370 e. The molecule has 1 atom stereocenters. The van der Waals surface area contributed by atoms with E-state index in [1.165, 1.54) is 19.3 Å². The lowest BCUT2D eigenvalue weighted by molar-refractivity contribution is 0.501. The molecular formula is C15H24N4O2S. The van der Waals surface area contributed by atoms with Crippen molar-refractivity contribution in [2.45, 2.75) is 32.1 Å². The van der Waals surface area contributed by atoms with Crippen molar-refractivity contribution in [1.29, 1.82) is 0 Å². The van der Waals surface area contributed by atoms with E-state index < -0.39 is 9.84 Å². The molecular weight excluding hydrogens is 300 g/mol. The molecule has 2 saturated heterocycles.